The van der Waals surface area contributed by atoms with E-state index in [4.69, 9.17) is 0 Å². The van der Waals surface area contributed by atoms with Gasteiger partial charge >= 0.3 is 0 Å². The lowest BCUT2D eigenvalue weighted by atomic mass is 10.1. The van der Waals surface area contributed by atoms with Gasteiger partial charge in [0.25, 0.3) is 5.91 Å². The Morgan fingerprint density at radius 2 is 2.09 bits per heavy atom. The van der Waals surface area contributed by atoms with E-state index < -0.39 is 0 Å². The second-order valence-corrected chi connectivity index (χ2v) is 6.23. The smallest absolute Gasteiger partial charge is 0.254 e. The molecule has 2 heterocycles. The average molecular weight is 297 g/mol. The van der Waals surface area contributed by atoms with Crippen LogP contribution in [0.3, 0.4) is 0 Å². The Kier molecular flexibility index (Phi) is 3.44. The molecule has 0 aliphatic rings. The molecule has 1 aromatic carbocycles. The highest BCUT2D eigenvalue weighted by molar-refractivity contribution is 5.93. The SMILES string of the molecule is CC(C)(C)n1cc(C(=O)NCc2nc3ccccc3[nH]2)cn1. The van der Waals surface area contributed by atoms with Crippen molar-refractivity contribution in [1.29, 1.82) is 0 Å². The summed E-state index contributed by atoms with van der Waals surface area (Å²) in [4.78, 5) is 19.8. The standard InChI is InChI=1S/C16H19N5O/c1-16(2,3)21-10-11(8-18-21)15(22)17-9-14-19-12-6-4-5-7-13(12)20-14/h4-8,10H,9H2,1-3H3,(H,17,22)(H,19,20). The van der Waals surface area contributed by atoms with Gasteiger partial charge in [-0.1, -0.05) is 12.1 Å². The number of imidazole rings is 1. The summed E-state index contributed by atoms with van der Waals surface area (Å²) in [6.07, 6.45) is 3.34. The first-order valence-corrected chi connectivity index (χ1v) is 7.20. The van der Waals surface area contributed by atoms with Crippen LogP contribution >= 0.6 is 0 Å². The first kappa shape index (κ1) is 14.3. The predicted octanol–water partition coefficient (Wildman–Crippen LogP) is 2.44. The van der Waals surface area contributed by atoms with Gasteiger partial charge in [0.1, 0.15) is 5.82 Å². The zero-order valence-electron chi connectivity index (χ0n) is 12.9. The number of aromatic nitrogens is 4. The molecule has 114 valence electrons. The average Bonchev–Trinajstić information content (AvgIpc) is 3.10. The number of carbonyl (C=O) groups excluding carboxylic acids is 1. The van der Waals surface area contributed by atoms with Crippen molar-refractivity contribution < 1.29 is 4.79 Å². The summed E-state index contributed by atoms with van der Waals surface area (Å²) in [5, 5.41) is 7.09. The number of nitrogens with one attached hydrogen (secondary N) is 2. The van der Waals surface area contributed by atoms with Crippen molar-refractivity contribution >= 4 is 16.9 Å². The third-order valence-corrected chi connectivity index (χ3v) is 3.39. The Morgan fingerprint density at radius 3 is 2.77 bits per heavy atom. The van der Waals surface area contributed by atoms with E-state index in [2.05, 4.69) is 20.4 Å². The second-order valence-electron chi connectivity index (χ2n) is 6.23. The monoisotopic (exact) mass is 297 g/mol. The van der Waals surface area contributed by atoms with E-state index in [0.29, 0.717) is 12.1 Å². The van der Waals surface area contributed by atoms with Crippen molar-refractivity contribution in [2.75, 3.05) is 0 Å². The van der Waals surface area contributed by atoms with Gasteiger partial charge in [-0.05, 0) is 32.9 Å². The molecule has 6 nitrogen and oxygen atoms in total. The lowest BCUT2D eigenvalue weighted by Crippen LogP contribution is -2.24. The van der Waals surface area contributed by atoms with Crippen LogP contribution in [0.15, 0.2) is 36.7 Å². The minimum Gasteiger partial charge on any atom is -0.345 e. The molecule has 0 saturated carbocycles. The summed E-state index contributed by atoms with van der Waals surface area (Å²) in [6.45, 7) is 6.47. The van der Waals surface area contributed by atoms with Crippen LogP contribution in [0.25, 0.3) is 11.0 Å². The Balaban J connectivity index is 1.68. The molecule has 0 aliphatic heterocycles. The molecule has 1 amide bonds. The molecule has 22 heavy (non-hydrogen) atoms. The van der Waals surface area contributed by atoms with Gasteiger partial charge in [-0.25, -0.2) is 4.98 Å². The fraction of sp³-hybridized carbons (Fsp3) is 0.312. The van der Waals surface area contributed by atoms with E-state index in [-0.39, 0.29) is 11.4 Å². The van der Waals surface area contributed by atoms with E-state index in [0.717, 1.165) is 16.9 Å². The summed E-state index contributed by atoms with van der Waals surface area (Å²) in [6, 6.07) is 7.78. The molecule has 3 aromatic rings. The predicted molar refractivity (Wildman–Crippen MR) is 84.5 cm³/mol. The molecule has 3 rings (SSSR count). The molecular formula is C16H19N5O. The fourth-order valence-corrected chi connectivity index (χ4v) is 2.16. The van der Waals surface area contributed by atoms with E-state index >= 15 is 0 Å². The van der Waals surface area contributed by atoms with Crippen LogP contribution < -0.4 is 5.32 Å². The summed E-state index contributed by atoms with van der Waals surface area (Å²) < 4.78 is 1.78. The van der Waals surface area contributed by atoms with Crippen molar-refractivity contribution in [2.45, 2.75) is 32.9 Å². The minimum absolute atomic E-state index is 0.142. The van der Waals surface area contributed by atoms with Crippen LogP contribution in [-0.2, 0) is 12.1 Å². The second kappa shape index (κ2) is 5.29. The van der Waals surface area contributed by atoms with Gasteiger partial charge in [0.05, 0.1) is 34.9 Å². The third-order valence-electron chi connectivity index (χ3n) is 3.39. The molecule has 2 N–H and O–H groups in total. The number of carbonyl (C=O) groups is 1. The van der Waals surface area contributed by atoms with Gasteiger partial charge in [-0.15, -0.1) is 0 Å². The number of fused-ring (bicyclic) bond motifs is 1. The zero-order valence-corrected chi connectivity index (χ0v) is 12.9. The van der Waals surface area contributed by atoms with Crippen LogP contribution in [-0.4, -0.2) is 25.7 Å². The van der Waals surface area contributed by atoms with E-state index in [9.17, 15) is 4.79 Å². The quantitative estimate of drug-likeness (QED) is 0.779. The maximum absolute atomic E-state index is 12.2. The number of aromatic amines is 1. The molecule has 0 saturated heterocycles. The number of hydrogen-bond donors (Lipinski definition) is 2. The topological polar surface area (TPSA) is 75.6 Å². The number of rotatable bonds is 3. The van der Waals surface area contributed by atoms with Gasteiger partial charge in [-0.3, -0.25) is 9.48 Å². The number of nitrogens with zero attached hydrogens (tertiary/aromatic N) is 3. The van der Waals surface area contributed by atoms with Crippen LogP contribution in [0.4, 0.5) is 0 Å². The number of para-hydroxylation sites is 2. The van der Waals surface area contributed by atoms with Crippen LogP contribution in [0.5, 0.6) is 0 Å². The molecule has 6 heteroatoms. The summed E-state index contributed by atoms with van der Waals surface area (Å²) in [5.41, 5.74) is 2.27. The minimum atomic E-state index is -0.157. The van der Waals surface area contributed by atoms with Crippen molar-refractivity contribution in [3.63, 3.8) is 0 Å². The maximum Gasteiger partial charge on any atom is 0.254 e. The highest BCUT2D eigenvalue weighted by Crippen LogP contribution is 2.13. The van der Waals surface area contributed by atoms with Crippen molar-refractivity contribution in [3.8, 4) is 0 Å². The van der Waals surface area contributed by atoms with Gasteiger partial charge in [0, 0.05) is 6.20 Å². The van der Waals surface area contributed by atoms with E-state index in [1.165, 1.54) is 0 Å². The molecule has 0 aliphatic carbocycles. The summed E-state index contributed by atoms with van der Waals surface area (Å²) in [5.74, 6) is 0.578. The Bertz CT molecular complexity index is 776. The number of hydrogen-bond acceptors (Lipinski definition) is 3. The van der Waals surface area contributed by atoms with Crippen molar-refractivity contribution in [3.05, 3.63) is 48.0 Å². The fourth-order valence-electron chi connectivity index (χ4n) is 2.16. The van der Waals surface area contributed by atoms with Gasteiger partial charge < -0.3 is 10.3 Å². The third kappa shape index (κ3) is 2.86. The Hall–Kier alpha value is -2.63. The van der Waals surface area contributed by atoms with Crippen molar-refractivity contribution in [2.24, 2.45) is 0 Å². The zero-order chi connectivity index (χ0) is 15.7. The highest BCUT2D eigenvalue weighted by atomic mass is 16.1. The molecule has 2 aromatic heterocycles. The van der Waals surface area contributed by atoms with E-state index in [1.54, 1.807) is 17.1 Å². The first-order chi connectivity index (χ1) is 10.4. The van der Waals surface area contributed by atoms with Crippen LogP contribution in [0, 0.1) is 0 Å². The summed E-state index contributed by atoms with van der Waals surface area (Å²) in [7, 11) is 0. The molecule has 0 atom stereocenters. The highest BCUT2D eigenvalue weighted by Gasteiger charge is 2.16. The van der Waals surface area contributed by atoms with E-state index in [1.807, 2.05) is 45.0 Å². The summed E-state index contributed by atoms with van der Waals surface area (Å²) >= 11 is 0. The first-order valence-electron chi connectivity index (χ1n) is 7.20. The Morgan fingerprint density at radius 1 is 1.32 bits per heavy atom. The molecular weight excluding hydrogens is 278 g/mol. The molecule has 0 bridgehead atoms. The largest absolute Gasteiger partial charge is 0.345 e. The molecule has 0 radical (unpaired) electrons. The van der Waals surface area contributed by atoms with Gasteiger partial charge in [-0.2, -0.15) is 5.10 Å². The Labute approximate surface area is 128 Å². The van der Waals surface area contributed by atoms with Crippen LogP contribution in [0.2, 0.25) is 0 Å². The van der Waals surface area contributed by atoms with Crippen LogP contribution in [0.1, 0.15) is 37.0 Å². The number of amides is 1. The van der Waals surface area contributed by atoms with Gasteiger partial charge in [0.2, 0.25) is 0 Å². The van der Waals surface area contributed by atoms with Crippen molar-refractivity contribution in [1.82, 2.24) is 25.1 Å². The maximum atomic E-state index is 12.2. The number of H-pyrrole nitrogens is 1. The lowest BCUT2D eigenvalue weighted by molar-refractivity contribution is 0.0950. The lowest BCUT2D eigenvalue weighted by Gasteiger charge is -2.18. The molecule has 0 spiro atoms. The van der Waals surface area contributed by atoms with Gasteiger partial charge in [0.15, 0.2) is 0 Å². The number of benzene rings is 1. The normalized spacial score (nSPS) is 11.8. The molecule has 0 fully saturated rings. The molecule has 0 unspecified atom stereocenters.